The highest BCUT2D eigenvalue weighted by Gasteiger charge is 2.49. The van der Waals surface area contributed by atoms with E-state index >= 15 is 4.39 Å². The topological polar surface area (TPSA) is 145 Å². The maximum absolute atomic E-state index is 15.2. The summed E-state index contributed by atoms with van der Waals surface area (Å²) in [6.45, 7) is 1.61. The fraction of sp³-hybridized carbons (Fsp3) is 0.462. The molecule has 5 amide bonds. The number of hydrogen-bond acceptors (Lipinski definition) is 8. The molecule has 1 aromatic carbocycles. The van der Waals surface area contributed by atoms with Crippen LogP contribution in [0.1, 0.15) is 59.2 Å². The van der Waals surface area contributed by atoms with Gasteiger partial charge in [-0.15, -0.1) is 0 Å². The van der Waals surface area contributed by atoms with Gasteiger partial charge >= 0.3 is 0 Å². The van der Waals surface area contributed by atoms with Gasteiger partial charge in [-0.3, -0.25) is 39.2 Å². The molecule has 11 nitrogen and oxygen atoms in total. The normalized spacial score (nSPS) is 24.9. The van der Waals surface area contributed by atoms with Crippen LogP contribution >= 0.6 is 0 Å². The molecule has 5 aliphatic rings. The quantitative estimate of drug-likeness (QED) is 0.554. The number of piperidine rings is 2. The predicted octanol–water partition coefficient (Wildman–Crippen LogP) is 0.689. The van der Waals surface area contributed by atoms with Gasteiger partial charge in [0, 0.05) is 38.0 Å². The lowest BCUT2D eigenvalue weighted by Gasteiger charge is -2.55. The van der Waals surface area contributed by atoms with Crippen LogP contribution in [0, 0.1) is 11.2 Å². The van der Waals surface area contributed by atoms with Crippen molar-refractivity contribution in [3.05, 3.63) is 41.5 Å². The van der Waals surface area contributed by atoms with Crippen LogP contribution < -0.4 is 16.0 Å². The van der Waals surface area contributed by atoms with Gasteiger partial charge in [0.25, 0.3) is 17.7 Å². The van der Waals surface area contributed by atoms with E-state index in [2.05, 4.69) is 15.2 Å². The van der Waals surface area contributed by atoms with Crippen molar-refractivity contribution in [2.75, 3.05) is 24.5 Å². The number of imide groups is 2. The third kappa shape index (κ3) is 3.86. The Morgan fingerprint density at radius 1 is 1.08 bits per heavy atom. The highest BCUT2D eigenvalue weighted by molar-refractivity contribution is 6.39. The molecule has 1 saturated carbocycles. The van der Waals surface area contributed by atoms with Crippen LogP contribution in [0.25, 0.3) is 0 Å². The molecule has 1 aliphatic carbocycles. The first-order chi connectivity index (χ1) is 18.2. The number of benzene rings is 1. The second-order valence-electron chi connectivity index (χ2n) is 10.8. The first kappa shape index (κ1) is 24.3. The third-order valence-corrected chi connectivity index (χ3v) is 8.58. The Kier molecular flexibility index (Phi) is 5.58. The number of rotatable bonds is 4. The zero-order valence-corrected chi connectivity index (χ0v) is 20.6. The van der Waals surface area contributed by atoms with E-state index in [1.54, 1.807) is 6.20 Å². The minimum Gasteiger partial charge on any atom is -0.369 e. The Labute approximate surface area is 217 Å². The number of carbonyl (C=O) groups excluding carboxylic acids is 5. The molecule has 6 rings (SSSR count). The van der Waals surface area contributed by atoms with Gasteiger partial charge in [-0.1, -0.05) is 0 Å². The first-order valence-electron chi connectivity index (χ1n) is 12.7. The van der Waals surface area contributed by atoms with Crippen molar-refractivity contribution in [2.45, 2.75) is 50.6 Å². The van der Waals surface area contributed by atoms with Gasteiger partial charge in [0.15, 0.2) is 0 Å². The molecule has 4 heterocycles. The number of carbonyl (C=O) groups is 5. The SMILES string of the molecule is NC(=O)C1=NC=CN(C2CC3(CCN(c4cc5c(cc4F)C(=O)N(C4CCC(=O)NC4=O)C5=O)CC3)C2)C1. The number of fused-ring (bicyclic) bond motifs is 1. The maximum atomic E-state index is 15.2. The second-order valence-corrected chi connectivity index (χ2v) is 10.8. The monoisotopic (exact) mass is 522 g/mol. The highest BCUT2D eigenvalue weighted by Crippen LogP contribution is 2.51. The fourth-order valence-corrected chi connectivity index (χ4v) is 6.39. The maximum Gasteiger partial charge on any atom is 0.264 e. The number of anilines is 1. The average molecular weight is 523 g/mol. The van der Waals surface area contributed by atoms with Gasteiger partial charge < -0.3 is 15.5 Å². The first-order valence-corrected chi connectivity index (χ1v) is 12.7. The van der Waals surface area contributed by atoms with E-state index in [1.165, 1.54) is 6.07 Å². The van der Waals surface area contributed by atoms with Crippen LogP contribution in [-0.2, 0) is 14.4 Å². The number of aliphatic imine (C=N–C) groups is 1. The zero-order chi connectivity index (χ0) is 26.8. The molecule has 0 radical (unpaired) electrons. The molecule has 3 N–H and O–H groups in total. The van der Waals surface area contributed by atoms with E-state index in [4.69, 9.17) is 5.73 Å². The van der Waals surface area contributed by atoms with E-state index in [9.17, 15) is 24.0 Å². The highest BCUT2D eigenvalue weighted by atomic mass is 19.1. The molecule has 1 spiro atoms. The molecule has 38 heavy (non-hydrogen) atoms. The molecule has 1 unspecified atom stereocenters. The Bertz CT molecular complexity index is 1340. The number of amides is 5. The summed E-state index contributed by atoms with van der Waals surface area (Å²) in [6.07, 6.45) is 7.16. The molecule has 198 valence electrons. The zero-order valence-electron chi connectivity index (χ0n) is 20.6. The molecule has 1 aromatic rings. The Balaban J connectivity index is 1.12. The number of halogens is 1. The molecule has 3 fully saturated rings. The lowest BCUT2D eigenvalue weighted by molar-refractivity contribution is -0.136. The molecule has 0 aromatic heterocycles. The second kappa shape index (κ2) is 8.74. The Morgan fingerprint density at radius 2 is 1.76 bits per heavy atom. The van der Waals surface area contributed by atoms with Gasteiger partial charge in [-0.25, -0.2) is 4.39 Å². The van der Waals surface area contributed by atoms with E-state index in [-0.39, 0.29) is 35.1 Å². The van der Waals surface area contributed by atoms with Crippen LogP contribution in [0.2, 0.25) is 0 Å². The van der Waals surface area contributed by atoms with Gasteiger partial charge in [-0.2, -0.15) is 0 Å². The summed E-state index contributed by atoms with van der Waals surface area (Å²) in [6, 6.07) is 1.71. The van der Waals surface area contributed by atoms with E-state index in [0.29, 0.717) is 31.4 Å². The number of primary amides is 1. The number of nitrogens with two attached hydrogens (primary N) is 1. The minimum atomic E-state index is -1.09. The Hall–Kier alpha value is -4.09. The van der Waals surface area contributed by atoms with Gasteiger partial charge in [-0.05, 0) is 49.7 Å². The number of hydrogen-bond donors (Lipinski definition) is 2. The molecule has 0 bridgehead atoms. The minimum absolute atomic E-state index is 0.0216. The van der Waals surface area contributed by atoms with E-state index in [0.717, 1.165) is 36.6 Å². The van der Waals surface area contributed by atoms with Crippen molar-refractivity contribution in [2.24, 2.45) is 16.1 Å². The summed E-state index contributed by atoms with van der Waals surface area (Å²) in [5.41, 5.74) is 6.13. The van der Waals surface area contributed by atoms with Gasteiger partial charge in [0.1, 0.15) is 17.6 Å². The Morgan fingerprint density at radius 3 is 2.42 bits per heavy atom. The van der Waals surface area contributed by atoms with Crippen molar-refractivity contribution < 1.29 is 28.4 Å². The summed E-state index contributed by atoms with van der Waals surface area (Å²) < 4.78 is 15.2. The summed E-state index contributed by atoms with van der Waals surface area (Å²) in [4.78, 5) is 70.2. The summed E-state index contributed by atoms with van der Waals surface area (Å²) in [5, 5.41) is 2.16. The van der Waals surface area contributed by atoms with Crippen molar-refractivity contribution in [1.29, 1.82) is 0 Å². The third-order valence-electron chi connectivity index (χ3n) is 8.58. The van der Waals surface area contributed by atoms with Crippen molar-refractivity contribution in [1.82, 2.24) is 15.1 Å². The molecular weight excluding hydrogens is 495 g/mol. The van der Waals surface area contributed by atoms with Gasteiger partial charge in [0.2, 0.25) is 11.8 Å². The predicted molar refractivity (Wildman–Crippen MR) is 132 cm³/mol. The summed E-state index contributed by atoms with van der Waals surface area (Å²) >= 11 is 0. The fourth-order valence-electron chi connectivity index (χ4n) is 6.39. The van der Waals surface area contributed by atoms with Crippen molar-refractivity contribution in [3.8, 4) is 0 Å². The van der Waals surface area contributed by atoms with Crippen LogP contribution in [-0.4, -0.2) is 76.8 Å². The molecular formula is C26H27FN6O5. The number of nitrogens with zero attached hydrogens (tertiary/aromatic N) is 4. The van der Waals surface area contributed by atoms with E-state index < -0.39 is 41.4 Å². The molecule has 4 aliphatic heterocycles. The van der Waals surface area contributed by atoms with Crippen LogP contribution in [0.15, 0.2) is 29.5 Å². The van der Waals surface area contributed by atoms with E-state index in [1.807, 2.05) is 11.1 Å². The number of nitrogens with one attached hydrogen (secondary N) is 1. The largest absolute Gasteiger partial charge is 0.369 e. The molecule has 12 heteroatoms. The summed E-state index contributed by atoms with van der Waals surface area (Å²) in [5.74, 6) is -3.63. The van der Waals surface area contributed by atoms with Crippen molar-refractivity contribution in [3.63, 3.8) is 0 Å². The lowest BCUT2D eigenvalue weighted by atomic mass is 9.60. The van der Waals surface area contributed by atoms with Crippen LogP contribution in [0.4, 0.5) is 10.1 Å². The van der Waals surface area contributed by atoms with Crippen molar-refractivity contribution >= 4 is 40.9 Å². The lowest BCUT2D eigenvalue weighted by Crippen LogP contribution is -2.55. The molecule has 1 atom stereocenters. The average Bonchev–Trinajstić information content (AvgIpc) is 3.11. The standard InChI is InChI=1S/C26H27FN6O5/c27-17-9-15-16(25(38)33(24(15)37)19-1-2-21(34)30-23(19)36)10-20(17)31-6-3-26(4-7-31)11-14(12-26)32-8-5-29-18(13-32)22(28)35/h5,8-10,14,19H,1-4,6-7,11-13H2,(H2,28,35)(H,30,34,36). The molecule has 2 saturated heterocycles. The van der Waals surface area contributed by atoms with Crippen LogP contribution in [0.3, 0.4) is 0 Å². The van der Waals surface area contributed by atoms with Crippen LogP contribution in [0.5, 0.6) is 0 Å². The van der Waals surface area contributed by atoms with Gasteiger partial charge in [0.05, 0.1) is 23.4 Å². The smallest absolute Gasteiger partial charge is 0.264 e. The summed E-state index contributed by atoms with van der Waals surface area (Å²) in [7, 11) is 0.